The van der Waals surface area contributed by atoms with E-state index in [1.54, 1.807) is 13.8 Å². The van der Waals surface area contributed by atoms with E-state index in [2.05, 4.69) is 15.6 Å². The zero-order valence-corrected chi connectivity index (χ0v) is 18.1. The van der Waals surface area contributed by atoms with Crippen molar-refractivity contribution in [3.8, 4) is 0 Å². The molecule has 31 heavy (non-hydrogen) atoms. The summed E-state index contributed by atoms with van der Waals surface area (Å²) < 4.78 is 39.8. The molecule has 0 unspecified atom stereocenters. The van der Waals surface area contributed by atoms with Gasteiger partial charge in [-0.15, -0.1) is 0 Å². The molecule has 7 nitrogen and oxygen atoms in total. The van der Waals surface area contributed by atoms with Gasteiger partial charge >= 0.3 is 0 Å². The number of anilines is 3. The first-order valence-corrected chi connectivity index (χ1v) is 9.41. The molecule has 0 saturated carbocycles. The summed E-state index contributed by atoms with van der Waals surface area (Å²) in [6.07, 6.45) is 0. The average Bonchev–Trinajstić information content (AvgIpc) is 2.67. The third-order valence-electron chi connectivity index (χ3n) is 5.52. The van der Waals surface area contributed by atoms with Gasteiger partial charge < -0.3 is 20.4 Å². The van der Waals surface area contributed by atoms with E-state index in [0.29, 0.717) is 42.4 Å². The molecule has 11 heteroatoms. The number of fused-ring (bicyclic) bond motifs is 1. The number of halogens is 3. The van der Waals surface area contributed by atoms with Gasteiger partial charge in [-0.05, 0) is 26.0 Å². The predicted octanol–water partition coefficient (Wildman–Crippen LogP) is 2.63. The molecule has 1 fully saturated rings. The highest BCUT2D eigenvalue weighted by atomic mass is 32.1. The summed E-state index contributed by atoms with van der Waals surface area (Å²) in [7, 11) is 1.83. The molecule has 4 rings (SSSR count). The summed E-state index contributed by atoms with van der Waals surface area (Å²) in [6, 6.07) is 2.80. The Morgan fingerprint density at radius 2 is 1.81 bits per heavy atom. The Morgan fingerprint density at radius 3 is 2.42 bits per heavy atom. The largest absolute Gasteiger partial charge is 0.364 e. The lowest BCUT2D eigenvalue weighted by Gasteiger charge is -2.40. The summed E-state index contributed by atoms with van der Waals surface area (Å²) in [4.78, 5) is 32.1. The molecule has 1 aromatic heterocycles. The van der Waals surface area contributed by atoms with E-state index in [9.17, 15) is 22.8 Å². The van der Waals surface area contributed by atoms with Crippen LogP contribution in [0.5, 0.6) is 0 Å². The molecule has 1 atom stereocenters. The molecule has 1 aromatic carbocycles. The Bertz CT molecular complexity index is 1040. The highest BCUT2D eigenvalue weighted by Crippen LogP contribution is 2.35. The molecule has 1 saturated heterocycles. The minimum Gasteiger partial charge on any atom is -0.364 e. The fraction of sp³-hybridized carbons (Fsp3) is 0.350. The van der Waals surface area contributed by atoms with E-state index in [1.807, 2.05) is 18.0 Å². The highest BCUT2D eigenvalue weighted by molar-refractivity contribution is 7.59. The van der Waals surface area contributed by atoms with Crippen LogP contribution in [0.15, 0.2) is 18.2 Å². The summed E-state index contributed by atoms with van der Waals surface area (Å²) in [6.45, 7) is 4.21. The van der Waals surface area contributed by atoms with Crippen LogP contribution in [0, 0.1) is 24.4 Å². The molecule has 0 aliphatic carbocycles. The number of aromatic nitrogens is 1. The molecule has 0 spiro atoms. The number of carbonyl (C=O) groups excluding carboxylic acids is 2. The lowest BCUT2D eigenvalue weighted by Crippen LogP contribution is -2.57. The Labute approximate surface area is 184 Å². The van der Waals surface area contributed by atoms with Crippen molar-refractivity contribution < 1.29 is 22.8 Å². The number of rotatable bonds is 3. The smallest absolute Gasteiger partial charge is 0.254 e. The fourth-order valence-corrected chi connectivity index (χ4v) is 3.58. The fourth-order valence-electron chi connectivity index (χ4n) is 3.58. The third-order valence-corrected chi connectivity index (χ3v) is 5.52. The number of carbonyl (C=O) groups is 2. The van der Waals surface area contributed by atoms with Crippen molar-refractivity contribution in [1.82, 2.24) is 9.88 Å². The average molecular weight is 453 g/mol. The molecule has 2 aliphatic rings. The van der Waals surface area contributed by atoms with Crippen molar-refractivity contribution in [1.29, 1.82) is 0 Å². The quantitative estimate of drug-likeness (QED) is 0.699. The van der Waals surface area contributed by atoms with Crippen LogP contribution in [0.2, 0.25) is 0 Å². The van der Waals surface area contributed by atoms with Gasteiger partial charge in [-0.2, -0.15) is 13.5 Å². The Morgan fingerprint density at radius 1 is 1.19 bits per heavy atom. The van der Waals surface area contributed by atoms with E-state index < -0.39 is 23.4 Å². The SMILES string of the molecule is Cc1nc(NC2CN(C(=O)c3cc(F)c(F)c(F)c3)C2)cc2c1NC(=O)[C@H](C)N2C.S. The lowest BCUT2D eigenvalue weighted by atomic mass is 10.1. The minimum atomic E-state index is -1.60. The molecule has 2 amide bonds. The van der Waals surface area contributed by atoms with Crippen molar-refractivity contribution in [2.24, 2.45) is 0 Å². The van der Waals surface area contributed by atoms with Gasteiger partial charge in [0.05, 0.1) is 23.1 Å². The summed E-state index contributed by atoms with van der Waals surface area (Å²) in [5.74, 6) is -4.47. The second-order valence-corrected chi connectivity index (χ2v) is 7.57. The number of amides is 2. The number of benzene rings is 1. The number of hydrogen-bond donors (Lipinski definition) is 2. The van der Waals surface area contributed by atoms with E-state index in [1.165, 1.54) is 4.90 Å². The van der Waals surface area contributed by atoms with Crippen LogP contribution in [0.25, 0.3) is 0 Å². The van der Waals surface area contributed by atoms with Crippen molar-refractivity contribution in [2.45, 2.75) is 25.9 Å². The van der Waals surface area contributed by atoms with Gasteiger partial charge in [0, 0.05) is 31.8 Å². The molecular formula is C20H22F3N5O2S. The molecule has 2 N–H and O–H groups in total. The first-order valence-electron chi connectivity index (χ1n) is 9.41. The first-order chi connectivity index (χ1) is 14.2. The minimum absolute atomic E-state index is 0. The maximum Gasteiger partial charge on any atom is 0.254 e. The van der Waals surface area contributed by atoms with Gasteiger partial charge in [-0.3, -0.25) is 9.59 Å². The van der Waals surface area contributed by atoms with Crippen LogP contribution in [-0.2, 0) is 4.79 Å². The van der Waals surface area contributed by atoms with Gasteiger partial charge in [0.25, 0.3) is 5.91 Å². The van der Waals surface area contributed by atoms with E-state index in [4.69, 9.17) is 0 Å². The predicted molar refractivity (Wildman–Crippen MR) is 115 cm³/mol. The Hall–Kier alpha value is -2.95. The monoisotopic (exact) mass is 453 g/mol. The van der Waals surface area contributed by atoms with Gasteiger partial charge in [0.2, 0.25) is 5.91 Å². The molecule has 0 radical (unpaired) electrons. The maximum absolute atomic E-state index is 13.4. The highest BCUT2D eigenvalue weighted by Gasteiger charge is 2.33. The van der Waals surface area contributed by atoms with Gasteiger partial charge in [0.15, 0.2) is 17.5 Å². The van der Waals surface area contributed by atoms with Crippen LogP contribution in [0.4, 0.5) is 30.4 Å². The Kier molecular flexibility index (Phi) is 6.08. The molecule has 166 valence electrons. The van der Waals surface area contributed by atoms with Crippen molar-refractivity contribution in [2.75, 3.05) is 35.7 Å². The first kappa shape index (κ1) is 22.7. The van der Waals surface area contributed by atoms with Crippen LogP contribution in [-0.4, -0.2) is 53.9 Å². The number of likely N-dealkylation sites (N-methyl/N-ethyl adjacent to an activating group) is 1. The van der Waals surface area contributed by atoms with Gasteiger partial charge in [0.1, 0.15) is 11.9 Å². The number of likely N-dealkylation sites (tertiary alicyclic amines) is 1. The van der Waals surface area contributed by atoms with Crippen molar-refractivity contribution >= 4 is 42.5 Å². The Balaban J connectivity index is 0.00000272. The van der Waals surface area contributed by atoms with Crippen LogP contribution < -0.4 is 15.5 Å². The normalized spacial score (nSPS) is 18.0. The van der Waals surface area contributed by atoms with E-state index in [0.717, 1.165) is 5.69 Å². The number of pyridine rings is 1. The van der Waals surface area contributed by atoms with Crippen LogP contribution >= 0.6 is 13.5 Å². The zero-order valence-electron chi connectivity index (χ0n) is 17.1. The summed E-state index contributed by atoms with van der Waals surface area (Å²) >= 11 is 0. The number of aryl methyl sites for hydroxylation is 1. The molecular weight excluding hydrogens is 431 g/mol. The lowest BCUT2D eigenvalue weighted by molar-refractivity contribution is -0.117. The van der Waals surface area contributed by atoms with Crippen LogP contribution in [0.1, 0.15) is 23.0 Å². The second-order valence-electron chi connectivity index (χ2n) is 7.57. The number of hydrogen-bond acceptors (Lipinski definition) is 5. The third kappa shape index (κ3) is 4.01. The van der Waals surface area contributed by atoms with Gasteiger partial charge in [-0.25, -0.2) is 18.2 Å². The second kappa shape index (κ2) is 8.29. The molecule has 2 aliphatic heterocycles. The van der Waals surface area contributed by atoms with Gasteiger partial charge in [-0.1, -0.05) is 0 Å². The molecule has 3 heterocycles. The van der Waals surface area contributed by atoms with Crippen molar-refractivity contribution in [3.05, 3.63) is 46.9 Å². The number of nitrogens with zero attached hydrogens (tertiary/aromatic N) is 3. The molecule has 0 bridgehead atoms. The topological polar surface area (TPSA) is 77.6 Å². The number of nitrogens with one attached hydrogen (secondary N) is 2. The summed E-state index contributed by atoms with van der Waals surface area (Å²) in [5.41, 5.74) is 1.92. The zero-order chi connectivity index (χ0) is 21.7. The maximum atomic E-state index is 13.4. The van der Waals surface area contributed by atoms with Crippen LogP contribution in [0.3, 0.4) is 0 Å². The summed E-state index contributed by atoms with van der Waals surface area (Å²) in [5, 5.41) is 6.09. The standard InChI is InChI=1S/C20H20F3N5O2.H2S/c1-9-18-15(27(3)10(2)19(29)26-18)6-16(24-9)25-12-7-28(8-12)20(30)11-4-13(21)17(23)14(22)5-11;/h4-6,10,12H,7-8H2,1-3H3,(H,24,25)(H,26,29);1H2/t10-;/m0./s1. The molecule has 2 aromatic rings. The van der Waals surface area contributed by atoms with E-state index in [-0.39, 0.29) is 37.1 Å². The van der Waals surface area contributed by atoms with E-state index >= 15 is 0 Å². The van der Waals surface area contributed by atoms with Crippen molar-refractivity contribution in [3.63, 3.8) is 0 Å².